The van der Waals surface area contributed by atoms with E-state index in [1.807, 2.05) is 0 Å². The molecule has 3 atom stereocenters. The summed E-state index contributed by atoms with van der Waals surface area (Å²) in [5.74, 6) is -2.22. The summed E-state index contributed by atoms with van der Waals surface area (Å²) < 4.78 is 26.7. The Labute approximate surface area is 115 Å². The average Bonchev–Trinajstić information content (AvgIpc) is 2.13. The van der Waals surface area contributed by atoms with Crippen LogP contribution in [0.15, 0.2) is 0 Å². The number of hydrogen-bond acceptors (Lipinski definition) is 2. The van der Waals surface area contributed by atoms with Crippen LogP contribution in [-0.2, 0) is 0 Å². The Morgan fingerprint density at radius 2 is 1.83 bits per heavy atom. The summed E-state index contributed by atoms with van der Waals surface area (Å²) >= 11 is 0. The van der Waals surface area contributed by atoms with E-state index in [-0.39, 0.29) is 31.2 Å². The molecule has 1 saturated heterocycles. The number of nitrogens with zero attached hydrogens (tertiary/aromatic N) is 1. The van der Waals surface area contributed by atoms with E-state index in [1.165, 1.54) is 0 Å². The maximum absolute atomic E-state index is 13.3. The number of hydrogen-bond donors (Lipinski definition) is 1. The number of nitrogens with one attached hydrogen (secondary N) is 1. The summed E-state index contributed by atoms with van der Waals surface area (Å²) in [5.41, 5.74) is 0. The molecule has 1 saturated carbocycles. The second-order valence-electron chi connectivity index (χ2n) is 6.01. The molecule has 2 rings (SSSR count). The first-order valence-electron chi connectivity index (χ1n) is 6.81. The van der Waals surface area contributed by atoms with E-state index in [0.717, 1.165) is 26.1 Å². The Bertz CT molecular complexity index is 253. The number of rotatable bonds is 2. The first kappa shape index (κ1) is 16.1. The van der Waals surface area contributed by atoms with Gasteiger partial charge in [0.25, 0.3) is 0 Å². The molecule has 0 radical (unpaired) electrons. The van der Waals surface area contributed by atoms with Crippen molar-refractivity contribution >= 4 is 12.4 Å². The molecule has 108 valence electrons. The molecule has 2 aliphatic rings. The number of alkyl halides is 2. The highest BCUT2D eigenvalue weighted by Gasteiger charge is 2.37. The molecule has 0 aromatic rings. The van der Waals surface area contributed by atoms with Crippen LogP contribution in [0.3, 0.4) is 0 Å². The molecule has 1 aliphatic heterocycles. The smallest absolute Gasteiger partial charge is 0.248 e. The predicted octanol–water partition coefficient (Wildman–Crippen LogP) is 2.92. The van der Waals surface area contributed by atoms with E-state index >= 15 is 0 Å². The van der Waals surface area contributed by atoms with Crippen molar-refractivity contribution in [3.63, 3.8) is 0 Å². The first-order chi connectivity index (χ1) is 7.94. The van der Waals surface area contributed by atoms with Crippen molar-refractivity contribution in [2.24, 2.45) is 5.92 Å². The van der Waals surface area contributed by atoms with Crippen LogP contribution in [0.5, 0.6) is 0 Å². The largest absolute Gasteiger partial charge is 0.309 e. The van der Waals surface area contributed by atoms with Gasteiger partial charge in [0.15, 0.2) is 0 Å². The van der Waals surface area contributed by atoms with Gasteiger partial charge in [0, 0.05) is 44.6 Å². The third kappa shape index (κ3) is 4.63. The molecule has 5 heteroatoms. The van der Waals surface area contributed by atoms with Gasteiger partial charge in [0.1, 0.15) is 0 Å². The third-order valence-electron chi connectivity index (χ3n) is 3.89. The second kappa shape index (κ2) is 6.49. The molecule has 0 aromatic heterocycles. The van der Waals surface area contributed by atoms with Crippen molar-refractivity contribution in [1.29, 1.82) is 0 Å². The molecular formula is C13H25ClF2N2. The maximum atomic E-state index is 13.3. The quantitative estimate of drug-likeness (QED) is 0.838. The van der Waals surface area contributed by atoms with Crippen LogP contribution >= 0.6 is 12.4 Å². The standard InChI is InChI=1S/C13H24F2N2.ClH/c1-10-7-17(8-11(2)16-10)9-12-4-3-5-13(14,15)6-12;/h10-12,16H,3-9H2,1-2H3;1H. The van der Waals surface area contributed by atoms with Gasteiger partial charge in [0.2, 0.25) is 5.92 Å². The minimum Gasteiger partial charge on any atom is -0.309 e. The van der Waals surface area contributed by atoms with E-state index in [1.54, 1.807) is 0 Å². The van der Waals surface area contributed by atoms with E-state index in [2.05, 4.69) is 24.1 Å². The van der Waals surface area contributed by atoms with E-state index in [4.69, 9.17) is 0 Å². The Hall–Kier alpha value is 0.0700. The van der Waals surface area contributed by atoms with Crippen LogP contribution in [0.25, 0.3) is 0 Å². The van der Waals surface area contributed by atoms with Gasteiger partial charge < -0.3 is 5.32 Å². The predicted molar refractivity (Wildman–Crippen MR) is 72.7 cm³/mol. The highest BCUT2D eigenvalue weighted by atomic mass is 35.5. The lowest BCUT2D eigenvalue weighted by Crippen LogP contribution is -2.55. The van der Waals surface area contributed by atoms with Crippen LogP contribution in [0.4, 0.5) is 8.78 Å². The van der Waals surface area contributed by atoms with Gasteiger partial charge in [-0.05, 0) is 32.6 Å². The molecule has 0 aromatic carbocycles. The maximum Gasteiger partial charge on any atom is 0.248 e. The van der Waals surface area contributed by atoms with E-state index in [9.17, 15) is 8.78 Å². The fourth-order valence-electron chi connectivity index (χ4n) is 3.39. The van der Waals surface area contributed by atoms with Gasteiger partial charge in [-0.3, -0.25) is 4.90 Å². The molecule has 18 heavy (non-hydrogen) atoms. The lowest BCUT2D eigenvalue weighted by molar-refractivity contribution is -0.0581. The molecule has 1 aliphatic carbocycles. The van der Waals surface area contributed by atoms with E-state index in [0.29, 0.717) is 18.5 Å². The molecule has 0 amide bonds. The SMILES string of the molecule is CC1CN(CC2CCCC(F)(F)C2)CC(C)N1.Cl. The highest BCUT2D eigenvalue weighted by molar-refractivity contribution is 5.85. The zero-order valence-corrected chi connectivity index (χ0v) is 12.1. The molecule has 2 nitrogen and oxygen atoms in total. The van der Waals surface area contributed by atoms with Crippen LogP contribution in [-0.4, -0.2) is 42.5 Å². The van der Waals surface area contributed by atoms with Crippen LogP contribution in [0.2, 0.25) is 0 Å². The number of halogens is 3. The van der Waals surface area contributed by atoms with Gasteiger partial charge in [-0.1, -0.05) is 0 Å². The average molecular weight is 283 g/mol. The van der Waals surface area contributed by atoms with Crippen LogP contribution < -0.4 is 5.32 Å². The summed E-state index contributed by atoms with van der Waals surface area (Å²) in [5, 5.41) is 3.47. The number of piperazine rings is 1. The summed E-state index contributed by atoms with van der Waals surface area (Å²) in [6, 6.07) is 0.950. The van der Waals surface area contributed by atoms with Crippen molar-refractivity contribution in [1.82, 2.24) is 10.2 Å². The molecule has 3 unspecified atom stereocenters. The van der Waals surface area contributed by atoms with Crippen molar-refractivity contribution in [3.05, 3.63) is 0 Å². The summed E-state index contributed by atoms with van der Waals surface area (Å²) in [7, 11) is 0. The fourth-order valence-corrected chi connectivity index (χ4v) is 3.39. The summed E-state index contributed by atoms with van der Waals surface area (Å²) in [6.45, 7) is 7.17. The van der Waals surface area contributed by atoms with E-state index < -0.39 is 5.92 Å². The Morgan fingerprint density at radius 3 is 2.39 bits per heavy atom. The van der Waals surface area contributed by atoms with Crippen molar-refractivity contribution in [2.45, 2.75) is 57.5 Å². The Balaban J connectivity index is 0.00000162. The molecule has 0 spiro atoms. The molecular weight excluding hydrogens is 258 g/mol. The van der Waals surface area contributed by atoms with Gasteiger partial charge in [-0.2, -0.15) is 0 Å². The van der Waals surface area contributed by atoms with Gasteiger partial charge in [-0.25, -0.2) is 8.78 Å². The van der Waals surface area contributed by atoms with Gasteiger partial charge in [0.05, 0.1) is 0 Å². The normalized spacial score (nSPS) is 37.0. The van der Waals surface area contributed by atoms with Crippen molar-refractivity contribution in [2.75, 3.05) is 19.6 Å². The lowest BCUT2D eigenvalue weighted by Gasteiger charge is -2.39. The van der Waals surface area contributed by atoms with Crippen molar-refractivity contribution in [3.8, 4) is 0 Å². The molecule has 2 fully saturated rings. The lowest BCUT2D eigenvalue weighted by atomic mass is 9.86. The topological polar surface area (TPSA) is 15.3 Å². The fraction of sp³-hybridized carbons (Fsp3) is 1.00. The highest BCUT2D eigenvalue weighted by Crippen LogP contribution is 2.37. The summed E-state index contributed by atoms with van der Waals surface area (Å²) in [6.07, 6.45) is 1.86. The van der Waals surface area contributed by atoms with Gasteiger partial charge >= 0.3 is 0 Å². The monoisotopic (exact) mass is 282 g/mol. The third-order valence-corrected chi connectivity index (χ3v) is 3.89. The Kier molecular flexibility index (Phi) is 5.81. The van der Waals surface area contributed by atoms with Crippen LogP contribution in [0.1, 0.15) is 39.5 Å². The molecule has 1 N–H and O–H groups in total. The Morgan fingerprint density at radius 1 is 1.22 bits per heavy atom. The van der Waals surface area contributed by atoms with Crippen molar-refractivity contribution < 1.29 is 8.78 Å². The van der Waals surface area contributed by atoms with Gasteiger partial charge in [-0.15, -0.1) is 12.4 Å². The molecule has 1 heterocycles. The first-order valence-corrected chi connectivity index (χ1v) is 6.81. The minimum absolute atomic E-state index is 0. The zero-order valence-electron chi connectivity index (χ0n) is 11.3. The zero-order chi connectivity index (χ0) is 12.5. The summed E-state index contributed by atoms with van der Waals surface area (Å²) in [4.78, 5) is 2.36. The van der Waals surface area contributed by atoms with Crippen LogP contribution in [0, 0.1) is 5.92 Å². The molecule has 0 bridgehead atoms. The minimum atomic E-state index is -2.41. The second-order valence-corrected chi connectivity index (χ2v) is 6.01.